The Kier molecular flexibility index (Phi) is 5.67. The second-order valence-electron chi connectivity index (χ2n) is 5.08. The number of nitrogens with zero attached hydrogens (tertiary/aromatic N) is 2. The lowest BCUT2D eigenvalue weighted by molar-refractivity contribution is -0.138. The molecule has 0 aliphatic carbocycles. The van der Waals surface area contributed by atoms with E-state index in [4.69, 9.17) is 9.84 Å². The van der Waals surface area contributed by atoms with Crippen molar-refractivity contribution in [3.8, 4) is 0 Å². The van der Waals surface area contributed by atoms with Crippen LogP contribution in [-0.2, 0) is 22.7 Å². The molecule has 2 N–H and O–H groups in total. The van der Waals surface area contributed by atoms with Crippen molar-refractivity contribution < 1.29 is 19.4 Å². The maximum absolute atomic E-state index is 11.8. The van der Waals surface area contributed by atoms with Crippen molar-refractivity contribution in [2.45, 2.75) is 26.1 Å². The summed E-state index contributed by atoms with van der Waals surface area (Å²) in [6, 6.07) is 11.3. The summed E-state index contributed by atoms with van der Waals surface area (Å²) in [4.78, 5) is 34.1. The molecule has 1 aromatic carbocycles. The first-order valence-electron chi connectivity index (χ1n) is 7.23. The number of carbonyl (C=O) groups excluding carboxylic acids is 1. The molecule has 2 aromatic rings. The van der Waals surface area contributed by atoms with E-state index in [2.05, 4.69) is 10.4 Å². The molecule has 0 bridgehead atoms. The quantitative estimate of drug-likeness (QED) is 0.826. The van der Waals surface area contributed by atoms with E-state index in [1.165, 1.54) is 12.1 Å². The van der Waals surface area contributed by atoms with Gasteiger partial charge < -0.3 is 15.2 Å². The minimum Gasteiger partial charge on any atom is -0.480 e. The van der Waals surface area contributed by atoms with Gasteiger partial charge in [-0.15, -0.1) is 0 Å². The third-order valence-corrected chi connectivity index (χ3v) is 3.16. The Bertz CT molecular complexity index is 773. The number of ether oxygens (including phenoxy) is 1. The molecule has 126 valence electrons. The first kappa shape index (κ1) is 17.2. The molecule has 0 spiro atoms. The Morgan fingerprint density at radius 3 is 2.62 bits per heavy atom. The zero-order valence-corrected chi connectivity index (χ0v) is 13.0. The van der Waals surface area contributed by atoms with Crippen molar-refractivity contribution in [1.82, 2.24) is 15.1 Å². The topological polar surface area (TPSA) is 111 Å². The molecule has 8 heteroatoms. The molecule has 1 unspecified atom stereocenters. The van der Waals surface area contributed by atoms with Crippen LogP contribution in [0.4, 0.5) is 4.79 Å². The van der Waals surface area contributed by atoms with Gasteiger partial charge in [0.05, 0.1) is 11.7 Å². The largest absolute Gasteiger partial charge is 0.480 e. The summed E-state index contributed by atoms with van der Waals surface area (Å²) >= 11 is 0. The lowest BCUT2D eigenvalue weighted by Crippen LogP contribution is -2.31. The number of rotatable bonds is 6. The van der Waals surface area contributed by atoms with Gasteiger partial charge in [-0.2, -0.15) is 5.10 Å². The van der Waals surface area contributed by atoms with Crippen LogP contribution in [0.25, 0.3) is 0 Å². The Labute approximate surface area is 137 Å². The van der Waals surface area contributed by atoms with Gasteiger partial charge >= 0.3 is 12.1 Å². The van der Waals surface area contributed by atoms with E-state index < -0.39 is 30.2 Å². The molecule has 0 aliphatic rings. The van der Waals surface area contributed by atoms with E-state index in [9.17, 15) is 14.4 Å². The molecule has 0 saturated heterocycles. The summed E-state index contributed by atoms with van der Waals surface area (Å²) in [7, 11) is 0. The molecule has 1 amide bonds. The standard InChI is InChI=1S/C16H17N3O5/c1-11(13-7-8-14(20)19(18-13)9-15(21)22)17-16(23)24-10-12-5-3-2-4-6-12/h2-8,11H,9-10H2,1H3,(H,17,23)(H,21,22). The Morgan fingerprint density at radius 2 is 1.96 bits per heavy atom. The minimum atomic E-state index is -1.18. The van der Waals surface area contributed by atoms with Crippen molar-refractivity contribution in [3.63, 3.8) is 0 Å². The minimum absolute atomic E-state index is 0.130. The highest BCUT2D eigenvalue weighted by molar-refractivity contribution is 5.67. The maximum Gasteiger partial charge on any atom is 0.407 e. The molecule has 1 atom stereocenters. The summed E-state index contributed by atoms with van der Waals surface area (Å²) in [6.07, 6.45) is -0.635. The zero-order chi connectivity index (χ0) is 17.5. The molecule has 0 saturated carbocycles. The molecule has 0 fully saturated rings. The number of carbonyl (C=O) groups is 2. The SMILES string of the molecule is CC(NC(=O)OCc1ccccc1)c1ccc(=O)n(CC(=O)O)n1. The number of hydrogen-bond acceptors (Lipinski definition) is 5. The van der Waals surface area contributed by atoms with Gasteiger partial charge in [-0.3, -0.25) is 9.59 Å². The van der Waals surface area contributed by atoms with Gasteiger partial charge in [0.1, 0.15) is 13.2 Å². The van der Waals surface area contributed by atoms with Crippen LogP contribution in [0.1, 0.15) is 24.2 Å². The van der Waals surface area contributed by atoms with E-state index in [1.54, 1.807) is 6.92 Å². The van der Waals surface area contributed by atoms with Gasteiger partial charge in [-0.05, 0) is 18.6 Å². The number of aliphatic carboxylic acids is 1. The van der Waals surface area contributed by atoms with Gasteiger partial charge in [0.25, 0.3) is 5.56 Å². The summed E-state index contributed by atoms with van der Waals surface area (Å²) < 4.78 is 5.92. The number of benzene rings is 1. The van der Waals surface area contributed by atoms with E-state index >= 15 is 0 Å². The Hall–Kier alpha value is -3.16. The summed E-state index contributed by atoms with van der Waals surface area (Å²) in [5.74, 6) is -1.18. The summed E-state index contributed by atoms with van der Waals surface area (Å²) in [5, 5.41) is 15.3. The molecular formula is C16H17N3O5. The first-order chi connectivity index (χ1) is 11.5. The third kappa shape index (κ3) is 4.94. The van der Waals surface area contributed by atoms with Crippen molar-refractivity contribution in [2.24, 2.45) is 0 Å². The predicted molar refractivity (Wildman–Crippen MR) is 84.3 cm³/mol. The van der Waals surface area contributed by atoms with Crippen LogP contribution in [0.5, 0.6) is 0 Å². The molecule has 1 aromatic heterocycles. The molecule has 0 radical (unpaired) electrons. The van der Waals surface area contributed by atoms with Crippen LogP contribution in [-0.4, -0.2) is 26.9 Å². The van der Waals surface area contributed by atoms with Crippen molar-refractivity contribution in [2.75, 3.05) is 0 Å². The van der Waals surface area contributed by atoms with Gasteiger partial charge in [0.15, 0.2) is 0 Å². The number of alkyl carbamates (subject to hydrolysis) is 1. The number of nitrogens with one attached hydrogen (secondary N) is 1. The van der Waals surface area contributed by atoms with Gasteiger partial charge in [-0.1, -0.05) is 30.3 Å². The monoisotopic (exact) mass is 331 g/mol. The van der Waals surface area contributed by atoms with Crippen LogP contribution < -0.4 is 10.9 Å². The van der Waals surface area contributed by atoms with Gasteiger partial charge in [-0.25, -0.2) is 9.48 Å². The van der Waals surface area contributed by atoms with Crippen LogP contribution in [0.3, 0.4) is 0 Å². The highest BCUT2D eigenvalue weighted by Crippen LogP contribution is 2.08. The number of amides is 1. The number of aromatic nitrogens is 2. The molecular weight excluding hydrogens is 314 g/mol. The molecule has 0 aliphatic heterocycles. The van der Waals surface area contributed by atoms with Gasteiger partial charge in [0.2, 0.25) is 0 Å². The lowest BCUT2D eigenvalue weighted by Gasteiger charge is -2.14. The fourth-order valence-corrected chi connectivity index (χ4v) is 1.95. The summed E-state index contributed by atoms with van der Waals surface area (Å²) in [5.41, 5.74) is 0.681. The van der Waals surface area contributed by atoms with Crippen molar-refractivity contribution >= 4 is 12.1 Å². The predicted octanol–water partition coefficient (Wildman–Crippen LogP) is 1.32. The average Bonchev–Trinajstić information content (AvgIpc) is 2.55. The highest BCUT2D eigenvalue weighted by Gasteiger charge is 2.14. The smallest absolute Gasteiger partial charge is 0.407 e. The normalized spacial score (nSPS) is 11.5. The van der Waals surface area contributed by atoms with Crippen molar-refractivity contribution in [1.29, 1.82) is 0 Å². The van der Waals surface area contributed by atoms with Crippen LogP contribution >= 0.6 is 0 Å². The summed E-state index contributed by atoms with van der Waals surface area (Å²) in [6.45, 7) is 1.24. The van der Waals surface area contributed by atoms with Crippen LogP contribution in [0.15, 0.2) is 47.3 Å². The zero-order valence-electron chi connectivity index (χ0n) is 13.0. The number of carboxylic acids is 1. The molecule has 2 rings (SSSR count). The maximum atomic E-state index is 11.8. The highest BCUT2D eigenvalue weighted by atomic mass is 16.5. The van der Waals surface area contributed by atoms with E-state index in [0.717, 1.165) is 10.2 Å². The first-order valence-corrected chi connectivity index (χ1v) is 7.23. The Balaban J connectivity index is 1.96. The van der Waals surface area contributed by atoms with Gasteiger partial charge in [0, 0.05) is 6.07 Å². The fourth-order valence-electron chi connectivity index (χ4n) is 1.95. The molecule has 24 heavy (non-hydrogen) atoms. The van der Waals surface area contributed by atoms with Crippen LogP contribution in [0, 0.1) is 0 Å². The second kappa shape index (κ2) is 7.91. The van der Waals surface area contributed by atoms with Crippen LogP contribution in [0.2, 0.25) is 0 Å². The van der Waals surface area contributed by atoms with E-state index in [-0.39, 0.29) is 6.61 Å². The Morgan fingerprint density at radius 1 is 1.25 bits per heavy atom. The molecule has 8 nitrogen and oxygen atoms in total. The molecule has 1 heterocycles. The van der Waals surface area contributed by atoms with E-state index in [1.807, 2.05) is 30.3 Å². The second-order valence-corrected chi connectivity index (χ2v) is 5.08. The number of carboxylic acid groups (broad SMARTS) is 1. The lowest BCUT2D eigenvalue weighted by atomic mass is 10.2. The number of hydrogen-bond donors (Lipinski definition) is 2. The van der Waals surface area contributed by atoms with E-state index in [0.29, 0.717) is 5.69 Å². The fraction of sp³-hybridized carbons (Fsp3) is 0.250. The van der Waals surface area contributed by atoms with Crippen molar-refractivity contribution in [3.05, 3.63) is 64.1 Å². The third-order valence-electron chi connectivity index (χ3n) is 3.16. The average molecular weight is 331 g/mol.